The molecule has 0 aromatic heterocycles. The van der Waals surface area contributed by atoms with Crippen molar-refractivity contribution in [3.8, 4) is 5.75 Å². The molecule has 2 saturated heterocycles. The number of carbonyl (C=O) groups is 1. The maximum atomic E-state index is 13.2. The second kappa shape index (κ2) is 13.2. The number of rotatable bonds is 11. The third-order valence-electron chi connectivity index (χ3n) is 9.26. The van der Waals surface area contributed by atoms with Crippen LogP contribution in [0.15, 0.2) is 17.0 Å². The monoisotopic (exact) mass is 547 g/mol. The molecule has 1 aromatic rings. The smallest absolute Gasteiger partial charge is 0.243 e. The van der Waals surface area contributed by atoms with E-state index in [1.165, 1.54) is 62.5 Å². The minimum atomic E-state index is -3.67. The zero-order valence-corrected chi connectivity index (χ0v) is 24.9. The fourth-order valence-electron chi connectivity index (χ4n) is 6.96. The van der Waals surface area contributed by atoms with Crippen LogP contribution in [0.25, 0.3) is 0 Å². The van der Waals surface area contributed by atoms with Crippen molar-refractivity contribution in [2.24, 2.45) is 11.8 Å². The quantitative estimate of drug-likeness (QED) is 0.402. The van der Waals surface area contributed by atoms with Gasteiger partial charge in [-0.2, -0.15) is 0 Å². The number of sulfonamides is 1. The normalized spacial score (nSPS) is 24.2. The summed E-state index contributed by atoms with van der Waals surface area (Å²) in [4.78, 5) is 18.5. The third-order valence-corrected chi connectivity index (χ3v) is 11.4. The first-order valence-electron chi connectivity index (χ1n) is 14.8. The summed E-state index contributed by atoms with van der Waals surface area (Å²) >= 11 is 0. The number of Topliss-reactive ketones (excluding diaryl/α,β-unsaturated/α-hetero) is 1. The van der Waals surface area contributed by atoms with Gasteiger partial charge in [0.05, 0.1) is 12.0 Å². The Morgan fingerprint density at radius 1 is 0.947 bits per heavy atom. The molecule has 0 radical (unpaired) electrons. The first-order valence-corrected chi connectivity index (χ1v) is 16.2. The van der Waals surface area contributed by atoms with Crippen LogP contribution in [0.4, 0.5) is 0 Å². The highest BCUT2D eigenvalue weighted by Crippen LogP contribution is 2.32. The fourth-order valence-corrected chi connectivity index (χ4v) is 8.54. The topological polar surface area (TPSA) is 70.2 Å². The van der Waals surface area contributed by atoms with Gasteiger partial charge in [0.2, 0.25) is 10.0 Å². The van der Waals surface area contributed by atoms with Gasteiger partial charge in [0.1, 0.15) is 11.5 Å². The molecule has 4 rings (SSSR count). The fraction of sp³-hybridized carbons (Fsp3) is 0.767. The van der Waals surface area contributed by atoms with Crippen molar-refractivity contribution < 1.29 is 17.9 Å². The molecular formula is C30H49N3O4S. The highest BCUT2D eigenvalue weighted by Gasteiger charge is 2.31. The number of nitrogens with zero attached hydrogens (tertiary/aromatic N) is 3. The van der Waals surface area contributed by atoms with Crippen molar-refractivity contribution in [3.05, 3.63) is 23.3 Å². The van der Waals surface area contributed by atoms with E-state index in [1.807, 2.05) is 0 Å². The SMILES string of the molecule is COc1cc(C)c(S(=O)(=O)N(C)CCC(=O)CC2CCN(C3CCC(CN4CCCC4)CC3)CC2)c(C)c1. The second-order valence-corrected chi connectivity index (χ2v) is 14.1. The van der Waals surface area contributed by atoms with E-state index in [-0.39, 0.29) is 18.7 Å². The van der Waals surface area contributed by atoms with Gasteiger partial charge in [-0.15, -0.1) is 0 Å². The Balaban J connectivity index is 1.17. The van der Waals surface area contributed by atoms with E-state index in [2.05, 4.69) is 9.80 Å². The zero-order valence-electron chi connectivity index (χ0n) is 24.1. The molecule has 1 saturated carbocycles. The lowest BCUT2D eigenvalue weighted by Gasteiger charge is -2.41. The van der Waals surface area contributed by atoms with Gasteiger partial charge in [-0.3, -0.25) is 4.79 Å². The number of carbonyl (C=O) groups excluding carboxylic acids is 1. The summed E-state index contributed by atoms with van der Waals surface area (Å²) in [7, 11) is -0.520. The molecule has 1 aromatic carbocycles. The number of likely N-dealkylation sites (tertiary alicyclic amines) is 2. The Morgan fingerprint density at radius 2 is 1.55 bits per heavy atom. The van der Waals surface area contributed by atoms with Gasteiger partial charge >= 0.3 is 0 Å². The van der Waals surface area contributed by atoms with E-state index in [0.29, 0.717) is 34.1 Å². The Labute approximate surface area is 230 Å². The van der Waals surface area contributed by atoms with Crippen molar-refractivity contribution in [2.75, 3.05) is 53.4 Å². The number of benzene rings is 1. The maximum Gasteiger partial charge on any atom is 0.243 e. The lowest BCUT2D eigenvalue weighted by molar-refractivity contribution is -0.120. The number of hydrogen-bond donors (Lipinski definition) is 0. The van der Waals surface area contributed by atoms with E-state index >= 15 is 0 Å². The largest absolute Gasteiger partial charge is 0.497 e. The number of hydrogen-bond acceptors (Lipinski definition) is 6. The molecule has 2 heterocycles. The molecule has 0 amide bonds. The van der Waals surface area contributed by atoms with E-state index in [0.717, 1.165) is 37.9 Å². The summed E-state index contributed by atoms with van der Waals surface area (Å²) in [6, 6.07) is 4.21. The van der Waals surface area contributed by atoms with Crippen LogP contribution in [0.1, 0.15) is 75.3 Å². The molecule has 3 fully saturated rings. The van der Waals surface area contributed by atoms with Gasteiger partial charge in [-0.25, -0.2) is 12.7 Å². The van der Waals surface area contributed by atoms with E-state index in [4.69, 9.17) is 4.74 Å². The average molecular weight is 548 g/mol. The Kier molecular flexibility index (Phi) is 10.3. The van der Waals surface area contributed by atoms with Crippen LogP contribution in [0.3, 0.4) is 0 Å². The number of methoxy groups -OCH3 is 1. The second-order valence-electron chi connectivity index (χ2n) is 12.1. The van der Waals surface area contributed by atoms with Crippen molar-refractivity contribution in [1.29, 1.82) is 0 Å². The number of piperidine rings is 1. The summed E-state index contributed by atoms with van der Waals surface area (Å²) in [5.41, 5.74) is 1.32. The minimum Gasteiger partial charge on any atom is -0.497 e. The summed E-state index contributed by atoms with van der Waals surface area (Å²) < 4.78 is 33.1. The Morgan fingerprint density at radius 3 is 2.13 bits per heavy atom. The number of ether oxygens (including phenoxy) is 1. The number of aryl methyl sites for hydroxylation is 2. The first kappa shape index (κ1) is 29.5. The van der Waals surface area contributed by atoms with Gasteiger partial charge in [-0.1, -0.05) is 0 Å². The highest BCUT2D eigenvalue weighted by atomic mass is 32.2. The molecule has 1 aliphatic carbocycles. The van der Waals surface area contributed by atoms with Gasteiger partial charge in [0.25, 0.3) is 0 Å². The van der Waals surface area contributed by atoms with Crippen LogP contribution in [0, 0.1) is 25.7 Å². The first-order chi connectivity index (χ1) is 18.2. The van der Waals surface area contributed by atoms with Crippen LogP contribution in [0.2, 0.25) is 0 Å². The molecule has 8 heteroatoms. The van der Waals surface area contributed by atoms with Gasteiger partial charge in [0, 0.05) is 39.0 Å². The molecule has 0 N–H and O–H groups in total. The van der Waals surface area contributed by atoms with Crippen LogP contribution in [-0.4, -0.2) is 87.8 Å². The van der Waals surface area contributed by atoms with Crippen molar-refractivity contribution in [1.82, 2.24) is 14.1 Å². The van der Waals surface area contributed by atoms with E-state index in [1.54, 1.807) is 40.1 Å². The summed E-state index contributed by atoms with van der Waals surface area (Å²) in [5.74, 6) is 2.14. The van der Waals surface area contributed by atoms with Crippen LogP contribution in [0.5, 0.6) is 5.75 Å². The molecule has 0 spiro atoms. The highest BCUT2D eigenvalue weighted by molar-refractivity contribution is 7.89. The molecule has 214 valence electrons. The molecule has 38 heavy (non-hydrogen) atoms. The van der Waals surface area contributed by atoms with Crippen molar-refractivity contribution in [3.63, 3.8) is 0 Å². The zero-order chi connectivity index (χ0) is 27.3. The Bertz CT molecular complexity index is 1010. The predicted molar refractivity (Wildman–Crippen MR) is 152 cm³/mol. The minimum absolute atomic E-state index is 0.177. The van der Waals surface area contributed by atoms with Gasteiger partial charge < -0.3 is 14.5 Å². The average Bonchev–Trinajstić information content (AvgIpc) is 3.40. The van der Waals surface area contributed by atoms with Crippen LogP contribution < -0.4 is 4.74 Å². The number of ketones is 1. The third kappa shape index (κ3) is 7.38. The van der Waals surface area contributed by atoms with Crippen LogP contribution >= 0.6 is 0 Å². The summed E-state index contributed by atoms with van der Waals surface area (Å²) in [6.07, 6.45) is 11.2. The molecule has 3 aliphatic rings. The summed E-state index contributed by atoms with van der Waals surface area (Å²) in [5, 5.41) is 0. The molecule has 2 aliphatic heterocycles. The van der Waals surface area contributed by atoms with Crippen LogP contribution in [-0.2, 0) is 14.8 Å². The molecular weight excluding hydrogens is 498 g/mol. The molecule has 0 unspecified atom stereocenters. The lowest BCUT2D eigenvalue weighted by Crippen LogP contribution is -2.44. The van der Waals surface area contributed by atoms with E-state index < -0.39 is 10.0 Å². The Hall–Kier alpha value is -1.48. The van der Waals surface area contributed by atoms with Crippen molar-refractivity contribution >= 4 is 15.8 Å². The van der Waals surface area contributed by atoms with Gasteiger partial charge in [-0.05, 0) is 126 Å². The maximum absolute atomic E-state index is 13.2. The van der Waals surface area contributed by atoms with E-state index in [9.17, 15) is 13.2 Å². The predicted octanol–water partition coefficient (Wildman–Crippen LogP) is 4.65. The molecule has 0 atom stereocenters. The molecule has 0 bridgehead atoms. The summed E-state index contributed by atoms with van der Waals surface area (Å²) in [6.45, 7) is 9.91. The van der Waals surface area contributed by atoms with Gasteiger partial charge in [0.15, 0.2) is 0 Å². The molecule has 7 nitrogen and oxygen atoms in total. The van der Waals surface area contributed by atoms with Crippen molar-refractivity contribution in [2.45, 2.75) is 89.0 Å². The standard InChI is InChI=1S/C30H49N3O4S/c1-23-19-29(37-4)20-24(2)30(23)38(35,36)31(3)16-13-28(34)21-25-11-17-33(18-12-25)27-9-7-26(8-10-27)22-32-14-5-6-15-32/h19-20,25-27H,5-18,21-22H2,1-4H3. The lowest BCUT2D eigenvalue weighted by atomic mass is 9.83.